The van der Waals surface area contributed by atoms with Crippen molar-refractivity contribution in [2.24, 2.45) is 0 Å². The molecular formula is C15H15NO4S. The van der Waals surface area contributed by atoms with Crippen LogP contribution in [0.5, 0.6) is 0 Å². The molecule has 2 aromatic heterocycles. The number of nitrogens with one attached hydrogen (secondary N) is 1. The molecule has 5 nitrogen and oxygen atoms in total. The number of hydrogen-bond acceptors (Lipinski definition) is 5. The second kappa shape index (κ2) is 6.49. The molecule has 1 N–H and O–H groups in total. The topological polar surface area (TPSA) is 76.2 Å². The monoisotopic (exact) mass is 305 g/mol. The Morgan fingerprint density at radius 2 is 2.05 bits per heavy atom. The predicted molar refractivity (Wildman–Crippen MR) is 79.1 cm³/mol. The summed E-state index contributed by atoms with van der Waals surface area (Å²) in [7, 11) is 0. The van der Waals surface area contributed by atoms with Gasteiger partial charge < -0.3 is 9.72 Å². The molecule has 0 bridgehead atoms. The number of carbonyl (C=O) groups excluding carboxylic acids is 3. The molecule has 110 valence electrons. The Morgan fingerprint density at radius 1 is 1.29 bits per heavy atom. The van der Waals surface area contributed by atoms with Gasteiger partial charge in [-0.15, -0.1) is 11.3 Å². The van der Waals surface area contributed by atoms with Crippen molar-refractivity contribution < 1.29 is 19.1 Å². The molecule has 2 heterocycles. The average molecular weight is 305 g/mol. The first-order chi connectivity index (χ1) is 10.0. The molecule has 0 unspecified atom stereocenters. The van der Waals surface area contributed by atoms with Gasteiger partial charge in [-0.05, 0) is 31.5 Å². The zero-order chi connectivity index (χ0) is 15.4. The number of ketones is 2. The van der Waals surface area contributed by atoms with Crippen molar-refractivity contribution in [2.45, 2.75) is 20.3 Å². The van der Waals surface area contributed by atoms with Gasteiger partial charge in [0, 0.05) is 16.6 Å². The van der Waals surface area contributed by atoms with E-state index in [-0.39, 0.29) is 23.9 Å². The SMILES string of the molecule is CCc1ccc(C(=O)COC(=O)c2cc(C(C)=O)c[nH]2)s1. The minimum atomic E-state index is -0.650. The van der Waals surface area contributed by atoms with E-state index in [0.717, 1.165) is 11.3 Å². The number of aromatic amines is 1. The molecule has 0 saturated carbocycles. The number of ether oxygens (including phenoxy) is 1. The number of hydrogen-bond donors (Lipinski definition) is 1. The van der Waals surface area contributed by atoms with Gasteiger partial charge in [0.25, 0.3) is 0 Å². The van der Waals surface area contributed by atoms with Gasteiger partial charge in [0.2, 0.25) is 5.78 Å². The van der Waals surface area contributed by atoms with E-state index in [1.165, 1.54) is 30.5 Å². The summed E-state index contributed by atoms with van der Waals surface area (Å²) in [6.07, 6.45) is 2.31. The first kappa shape index (κ1) is 15.2. The lowest BCUT2D eigenvalue weighted by molar-refractivity contribution is 0.0470. The summed E-state index contributed by atoms with van der Waals surface area (Å²) >= 11 is 1.40. The summed E-state index contributed by atoms with van der Waals surface area (Å²) in [4.78, 5) is 39.1. The van der Waals surface area contributed by atoms with Gasteiger partial charge in [-0.2, -0.15) is 0 Å². The molecular weight excluding hydrogens is 290 g/mol. The van der Waals surface area contributed by atoms with Crippen LogP contribution < -0.4 is 0 Å². The van der Waals surface area contributed by atoms with E-state index in [2.05, 4.69) is 4.98 Å². The fourth-order valence-electron chi connectivity index (χ4n) is 1.71. The van der Waals surface area contributed by atoms with E-state index >= 15 is 0 Å². The Balaban J connectivity index is 1.93. The molecule has 0 aliphatic rings. The van der Waals surface area contributed by atoms with Crippen molar-refractivity contribution in [3.63, 3.8) is 0 Å². The number of rotatable bonds is 6. The average Bonchev–Trinajstić information content (AvgIpc) is 3.12. The molecule has 6 heteroatoms. The molecule has 2 aromatic rings. The van der Waals surface area contributed by atoms with E-state index in [9.17, 15) is 14.4 Å². The van der Waals surface area contributed by atoms with Gasteiger partial charge in [0.15, 0.2) is 12.4 Å². The first-order valence-corrected chi connectivity index (χ1v) is 7.31. The van der Waals surface area contributed by atoms with Gasteiger partial charge in [0.1, 0.15) is 5.69 Å². The molecule has 0 fully saturated rings. The van der Waals surface area contributed by atoms with Crippen LogP contribution in [0, 0.1) is 0 Å². The Hall–Kier alpha value is -2.21. The lowest BCUT2D eigenvalue weighted by Crippen LogP contribution is -2.13. The van der Waals surface area contributed by atoms with Crippen molar-refractivity contribution in [3.8, 4) is 0 Å². The maximum Gasteiger partial charge on any atom is 0.355 e. The summed E-state index contributed by atoms with van der Waals surface area (Å²) in [5, 5.41) is 0. The molecule has 0 amide bonds. The summed E-state index contributed by atoms with van der Waals surface area (Å²) in [5.74, 6) is -1.03. The van der Waals surface area contributed by atoms with Gasteiger partial charge in [-0.25, -0.2) is 4.79 Å². The Kier molecular flexibility index (Phi) is 4.70. The molecule has 0 saturated heterocycles. The maximum absolute atomic E-state index is 11.9. The number of H-pyrrole nitrogens is 1. The summed E-state index contributed by atoms with van der Waals surface area (Å²) in [6.45, 7) is 3.11. The number of aryl methyl sites for hydroxylation is 1. The minimum absolute atomic E-state index is 0.146. The number of thiophene rings is 1. The van der Waals surface area contributed by atoms with Crippen LogP contribution in [-0.4, -0.2) is 29.1 Å². The third-order valence-corrected chi connectivity index (χ3v) is 4.20. The van der Waals surface area contributed by atoms with Gasteiger partial charge in [-0.3, -0.25) is 9.59 Å². The highest BCUT2D eigenvalue weighted by molar-refractivity contribution is 7.14. The standard InChI is InChI=1S/C15H15NO4S/c1-3-11-4-5-14(21-11)13(18)8-20-15(19)12-6-10(7-16-12)9(2)17/h4-7,16H,3,8H2,1-2H3. The normalized spacial score (nSPS) is 10.4. The Morgan fingerprint density at radius 3 is 2.62 bits per heavy atom. The van der Waals surface area contributed by atoms with Crippen LogP contribution in [0.15, 0.2) is 24.4 Å². The molecule has 0 atom stereocenters. The van der Waals surface area contributed by atoms with E-state index in [1.54, 1.807) is 6.07 Å². The summed E-state index contributed by atoms with van der Waals surface area (Å²) in [5.41, 5.74) is 0.563. The molecule has 0 aliphatic carbocycles. The predicted octanol–water partition coefficient (Wildman–Crippen LogP) is 2.88. The van der Waals surface area contributed by atoms with Crippen molar-refractivity contribution in [1.29, 1.82) is 0 Å². The largest absolute Gasteiger partial charge is 0.453 e. The zero-order valence-electron chi connectivity index (χ0n) is 11.8. The second-order valence-corrected chi connectivity index (χ2v) is 5.65. The Bertz CT molecular complexity index is 683. The van der Waals surface area contributed by atoms with Crippen molar-refractivity contribution in [2.75, 3.05) is 6.61 Å². The molecule has 0 spiro atoms. The van der Waals surface area contributed by atoms with Crippen LogP contribution in [0.4, 0.5) is 0 Å². The third kappa shape index (κ3) is 3.66. The van der Waals surface area contributed by atoms with Crippen LogP contribution in [0.1, 0.15) is 49.2 Å². The van der Waals surface area contributed by atoms with E-state index in [0.29, 0.717) is 10.4 Å². The Labute approximate surface area is 125 Å². The fourth-order valence-corrected chi connectivity index (χ4v) is 2.58. The zero-order valence-corrected chi connectivity index (χ0v) is 12.6. The molecule has 0 aliphatic heterocycles. The van der Waals surface area contributed by atoms with Gasteiger partial charge in [0.05, 0.1) is 4.88 Å². The molecule has 0 aromatic carbocycles. The lowest BCUT2D eigenvalue weighted by Gasteiger charge is -2.01. The molecule has 21 heavy (non-hydrogen) atoms. The van der Waals surface area contributed by atoms with Crippen molar-refractivity contribution in [1.82, 2.24) is 4.98 Å². The van der Waals surface area contributed by atoms with Gasteiger partial charge >= 0.3 is 5.97 Å². The molecule has 2 rings (SSSR count). The van der Waals surface area contributed by atoms with Crippen LogP contribution in [0.2, 0.25) is 0 Å². The lowest BCUT2D eigenvalue weighted by atomic mass is 10.2. The fraction of sp³-hybridized carbons (Fsp3) is 0.267. The number of Topliss-reactive ketones (excluding diaryl/α,β-unsaturated/α-hetero) is 2. The van der Waals surface area contributed by atoms with Gasteiger partial charge in [-0.1, -0.05) is 6.92 Å². The van der Waals surface area contributed by atoms with Crippen LogP contribution in [0.3, 0.4) is 0 Å². The van der Waals surface area contributed by atoms with Crippen LogP contribution in [0.25, 0.3) is 0 Å². The third-order valence-electron chi connectivity index (χ3n) is 2.93. The van der Waals surface area contributed by atoms with E-state index in [4.69, 9.17) is 4.74 Å². The number of aromatic nitrogens is 1. The van der Waals surface area contributed by atoms with E-state index < -0.39 is 5.97 Å². The number of esters is 1. The highest BCUT2D eigenvalue weighted by Crippen LogP contribution is 2.17. The number of carbonyl (C=O) groups is 3. The van der Waals surface area contributed by atoms with Crippen molar-refractivity contribution >= 4 is 28.9 Å². The minimum Gasteiger partial charge on any atom is -0.453 e. The highest BCUT2D eigenvalue weighted by atomic mass is 32.1. The highest BCUT2D eigenvalue weighted by Gasteiger charge is 2.15. The van der Waals surface area contributed by atoms with E-state index in [1.807, 2.05) is 13.0 Å². The quantitative estimate of drug-likeness (QED) is 0.657. The van der Waals surface area contributed by atoms with Crippen LogP contribution in [-0.2, 0) is 11.2 Å². The van der Waals surface area contributed by atoms with Crippen molar-refractivity contribution in [3.05, 3.63) is 45.4 Å². The summed E-state index contributed by atoms with van der Waals surface area (Å²) < 4.78 is 4.96. The first-order valence-electron chi connectivity index (χ1n) is 6.49. The summed E-state index contributed by atoms with van der Waals surface area (Å²) in [6, 6.07) is 5.04. The maximum atomic E-state index is 11.9. The van der Waals surface area contributed by atoms with Crippen LogP contribution >= 0.6 is 11.3 Å². The smallest absolute Gasteiger partial charge is 0.355 e. The second-order valence-electron chi connectivity index (χ2n) is 4.48. The molecule has 0 radical (unpaired) electrons.